The number of rotatable bonds is 6. The van der Waals surface area contributed by atoms with E-state index in [1.807, 2.05) is 11.0 Å². The Kier molecular flexibility index (Phi) is 6.54. The number of nitrogens with zero attached hydrogens (tertiary/aromatic N) is 4. The number of ether oxygens (including phenoxy) is 1. The smallest absolute Gasteiger partial charge is 0.272 e. The topological polar surface area (TPSA) is 111 Å². The van der Waals surface area contributed by atoms with Crippen LogP contribution in [-0.2, 0) is 0 Å². The van der Waals surface area contributed by atoms with Crippen LogP contribution in [0.5, 0.6) is 5.75 Å². The summed E-state index contributed by atoms with van der Waals surface area (Å²) in [5.41, 5.74) is 0.726. The third-order valence-electron chi connectivity index (χ3n) is 5.80. The molecule has 0 bridgehead atoms. The molecule has 9 heteroatoms. The summed E-state index contributed by atoms with van der Waals surface area (Å²) in [7, 11) is 0. The van der Waals surface area contributed by atoms with Crippen LogP contribution >= 0.6 is 11.6 Å². The molecule has 1 aromatic heterocycles. The lowest BCUT2D eigenvalue weighted by Gasteiger charge is -2.38. The maximum atomic E-state index is 12.5. The number of aromatic nitrogens is 2. The van der Waals surface area contributed by atoms with Crippen molar-refractivity contribution in [1.29, 1.82) is 5.26 Å². The monoisotopic (exact) mass is 441 g/mol. The number of aliphatic hydroxyl groups is 1. The van der Waals surface area contributed by atoms with Crippen molar-refractivity contribution in [3.63, 3.8) is 0 Å². The zero-order valence-electron chi connectivity index (χ0n) is 17.0. The lowest BCUT2D eigenvalue weighted by molar-refractivity contribution is 0.0888. The van der Waals surface area contributed by atoms with Crippen LogP contribution in [0.25, 0.3) is 0 Å². The van der Waals surface area contributed by atoms with Gasteiger partial charge in [-0.1, -0.05) is 11.6 Å². The van der Waals surface area contributed by atoms with E-state index in [4.69, 9.17) is 26.7 Å². The van der Waals surface area contributed by atoms with Gasteiger partial charge in [0, 0.05) is 37.7 Å². The van der Waals surface area contributed by atoms with Gasteiger partial charge in [0.25, 0.3) is 5.91 Å². The number of nitrogens with one attached hydrogen (secondary N) is 1. The molecule has 0 spiro atoms. The van der Waals surface area contributed by atoms with Crippen molar-refractivity contribution < 1.29 is 14.6 Å². The van der Waals surface area contributed by atoms with Gasteiger partial charge < -0.3 is 20.1 Å². The lowest BCUT2D eigenvalue weighted by Crippen LogP contribution is -2.49. The van der Waals surface area contributed by atoms with Crippen LogP contribution in [0.1, 0.15) is 41.7 Å². The van der Waals surface area contributed by atoms with Gasteiger partial charge in [0.1, 0.15) is 11.8 Å². The van der Waals surface area contributed by atoms with Crippen LogP contribution in [0, 0.1) is 17.2 Å². The van der Waals surface area contributed by atoms with Crippen molar-refractivity contribution >= 4 is 23.3 Å². The molecule has 162 valence electrons. The van der Waals surface area contributed by atoms with Gasteiger partial charge in [-0.15, -0.1) is 10.2 Å². The number of carbonyl (C=O) groups is 1. The molecule has 31 heavy (non-hydrogen) atoms. The van der Waals surface area contributed by atoms with Crippen LogP contribution < -0.4 is 15.0 Å². The zero-order valence-corrected chi connectivity index (χ0v) is 17.8. The van der Waals surface area contributed by atoms with E-state index in [1.54, 1.807) is 30.3 Å². The van der Waals surface area contributed by atoms with Gasteiger partial charge in [-0.05, 0) is 49.9 Å². The van der Waals surface area contributed by atoms with Crippen molar-refractivity contribution in [2.45, 2.75) is 37.8 Å². The highest BCUT2D eigenvalue weighted by molar-refractivity contribution is 6.31. The number of halogens is 1. The minimum atomic E-state index is -0.223. The van der Waals surface area contributed by atoms with E-state index in [1.165, 1.54) is 0 Å². The first-order valence-electron chi connectivity index (χ1n) is 10.4. The Morgan fingerprint density at radius 2 is 2.00 bits per heavy atom. The van der Waals surface area contributed by atoms with E-state index in [2.05, 4.69) is 15.5 Å². The third kappa shape index (κ3) is 5.06. The molecule has 8 nitrogen and oxygen atoms in total. The Labute approximate surface area is 185 Å². The second kappa shape index (κ2) is 9.50. The van der Waals surface area contributed by atoms with E-state index < -0.39 is 0 Å². The summed E-state index contributed by atoms with van der Waals surface area (Å²) in [4.78, 5) is 14.5. The minimum absolute atomic E-state index is 0.0514. The predicted octanol–water partition coefficient (Wildman–Crippen LogP) is 2.55. The summed E-state index contributed by atoms with van der Waals surface area (Å²) < 4.78 is 5.99. The highest BCUT2D eigenvalue weighted by Gasteiger charge is 2.28. The number of amides is 1. The fourth-order valence-electron chi connectivity index (χ4n) is 3.92. The van der Waals surface area contributed by atoms with Crippen molar-refractivity contribution in [1.82, 2.24) is 15.5 Å². The number of hydrogen-bond donors (Lipinski definition) is 2. The summed E-state index contributed by atoms with van der Waals surface area (Å²) in [5, 5.41) is 29.7. The van der Waals surface area contributed by atoms with E-state index in [0.29, 0.717) is 22.0 Å². The summed E-state index contributed by atoms with van der Waals surface area (Å²) in [6, 6.07) is 10.7. The first-order valence-corrected chi connectivity index (χ1v) is 10.8. The molecule has 2 aromatic rings. The molecule has 1 saturated heterocycles. The van der Waals surface area contributed by atoms with Crippen molar-refractivity contribution in [2.75, 3.05) is 24.6 Å². The van der Waals surface area contributed by atoms with Gasteiger partial charge in [0.05, 0.1) is 16.7 Å². The van der Waals surface area contributed by atoms with E-state index >= 15 is 0 Å². The average Bonchev–Trinajstić information content (AvgIpc) is 2.75. The highest BCUT2D eigenvalue weighted by atomic mass is 35.5. The number of nitriles is 1. The van der Waals surface area contributed by atoms with Crippen molar-refractivity contribution in [2.24, 2.45) is 5.92 Å². The predicted molar refractivity (Wildman–Crippen MR) is 115 cm³/mol. The molecule has 0 unspecified atom stereocenters. The largest absolute Gasteiger partial charge is 0.490 e. The summed E-state index contributed by atoms with van der Waals surface area (Å²) in [5.74, 6) is 1.44. The fourth-order valence-corrected chi connectivity index (χ4v) is 4.14. The third-order valence-corrected chi connectivity index (χ3v) is 6.11. The molecule has 0 radical (unpaired) electrons. The summed E-state index contributed by atoms with van der Waals surface area (Å²) in [6.07, 6.45) is 3.29. The van der Waals surface area contributed by atoms with Crippen molar-refractivity contribution in [3.05, 3.63) is 46.6 Å². The molecule has 2 heterocycles. The zero-order chi connectivity index (χ0) is 21.8. The van der Waals surface area contributed by atoms with Gasteiger partial charge in [0.2, 0.25) is 0 Å². The molecular weight excluding hydrogens is 418 g/mol. The first kappa shape index (κ1) is 21.3. The highest BCUT2D eigenvalue weighted by Crippen LogP contribution is 2.27. The molecule has 2 N–H and O–H groups in total. The van der Waals surface area contributed by atoms with E-state index in [9.17, 15) is 4.79 Å². The number of aliphatic hydroxyl groups excluding tert-OH is 1. The molecule has 1 saturated carbocycles. The van der Waals surface area contributed by atoms with Gasteiger partial charge in [0.15, 0.2) is 11.5 Å². The second-order valence-corrected chi connectivity index (χ2v) is 8.46. The minimum Gasteiger partial charge on any atom is -0.490 e. The summed E-state index contributed by atoms with van der Waals surface area (Å²) in [6.45, 7) is 1.70. The molecule has 0 atom stereocenters. The molecule has 1 aliphatic carbocycles. The van der Waals surface area contributed by atoms with Gasteiger partial charge in [-0.3, -0.25) is 4.79 Å². The molecule has 2 aliphatic rings. The first-order chi connectivity index (χ1) is 15.1. The Bertz CT molecular complexity index is 964. The Morgan fingerprint density at radius 3 is 2.61 bits per heavy atom. The number of hydrogen-bond acceptors (Lipinski definition) is 7. The average molecular weight is 442 g/mol. The number of anilines is 1. The molecule has 1 aliphatic heterocycles. The lowest BCUT2D eigenvalue weighted by atomic mass is 9.93. The molecule has 1 aromatic carbocycles. The molecule has 4 rings (SSSR count). The molecule has 2 fully saturated rings. The van der Waals surface area contributed by atoms with Crippen LogP contribution in [0.3, 0.4) is 0 Å². The SMILES string of the molecule is N#Cc1ccc(O[C@H]2CC[C@H](NC(=O)c3ccc(N4CC(CO)C4)nn3)CC2)cc1Cl. The van der Waals surface area contributed by atoms with Gasteiger partial charge in [-0.2, -0.15) is 5.26 Å². The van der Waals surface area contributed by atoms with E-state index in [-0.39, 0.29) is 30.6 Å². The molecule has 1 amide bonds. The van der Waals surface area contributed by atoms with Gasteiger partial charge in [-0.25, -0.2) is 0 Å². The van der Waals surface area contributed by atoms with Crippen LogP contribution in [0.15, 0.2) is 30.3 Å². The van der Waals surface area contributed by atoms with E-state index in [0.717, 1.165) is 44.6 Å². The molecular formula is C22H24ClN5O3. The van der Waals surface area contributed by atoms with Crippen LogP contribution in [-0.4, -0.2) is 53.1 Å². The Hall–Kier alpha value is -2.89. The van der Waals surface area contributed by atoms with Crippen molar-refractivity contribution in [3.8, 4) is 11.8 Å². The second-order valence-electron chi connectivity index (χ2n) is 8.05. The summed E-state index contributed by atoms with van der Waals surface area (Å²) >= 11 is 6.06. The quantitative estimate of drug-likeness (QED) is 0.708. The van der Waals surface area contributed by atoms with Crippen LogP contribution in [0.4, 0.5) is 5.82 Å². The Morgan fingerprint density at radius 1 is 1.23 bits per heavy atom. The van der Waals surface area contributed by atoms with Crippen LogP contribution in [0.2, 0.25) is 5.02 Å². The maximum Gasteiger partial charge on any atom is 0.272 e. The number of carbonyl (C=O) groups excluding carboxylic acids is 1. The number of benzene rings is 1. The standard InChI is InChI=1S/C22H24ClN5O3/c23-19-9-18(4-1-15(19)10-24)31-17-5-2-16(3-6-17)25-22(30)20-7-8-21(27-26-20)28-11-14(12-28)13-29/h1,4,7-9,14,16-17,29H,2-3,5-6,11-13H2,(H,25,30)/t16-,17-. The maximum absolute atomic E-state index is 12.5. The normalized spacial score (nSPS) is 21.1. The fraction of sp³-hybridized carbons (Fsp3) is 0.455. The van der Waals surface area contributed by atoms with Gasteiger partial charge >= 0.3 is 0 Å². The Balaban J connectivity index is 1.24.